The molecule has 2 aliphatic heterocycles. The summed E-state index contributed by atoms with van der Waals surface area (Å²) in [7, 11) is 0. The van der Waals surface area contributed by atoms with Gasteiger partial charge in [-0.05, 0) is 25.2 Å². The van der Waals surface area contributed by atoms with E-state index in [0.29, 0.717) is 23.3 Å². The van der Waals surface area contributed by atoms with Gasteiger partial charge in [0.05, 0.1) is 11.6 Å². The van der Waals surface area contributed by atoms with E-state index in [1.54, 1.807) is 0 Å². The van der Waals surface area contributed by atoms with E-state index in [9.17, 15) is 4.79 Å². The normalized spacial score (nSPS) is 45.6. The highest BCUT2D eigenvalue weighted by Gasteiger charge is 2.41. The van der Waals surface area contributed by atoms with Crippen LogP contribution in [-0.4, -0.2) is 28.8 Å². The van der Waals surface area contributed by atoms with Gasteiger partial charge in [-0.25, -0.2) is 0 Å². The van der Waals surface area contributed by atoms with Crippen LogP contribution in [0.3, 0.4) is 0 Å². The van der Waals surface area contributed by atoms with Gasteiger partial charge in [0.25, 0.3) is 0 Å². The fourth-order valence-electron chi connectivity index (χ4n) is 2.81. The summed E-state index contributed by atoms with van der Waals surface area (Å²) in [6.07, 6.45) is 4.08. The molecule has 0 aromatic rings. The first-order valence-corrected chi connectivity index (χ1v) is 6.23. The van der Waals surface area contributed by atoms with Crippen molar-refractivity contribution in [2.75, 3.05) is 0 Å². The van der Waals surface area contributed by atoms with Gasteiger partial charge in [0.2, 0.25) is 5.91 Å². The summed E-state index contributed by atoms with van der Waals surface area (Å²) in [5.41, 5.74) is 1.99. The number of piperidine rings is 1. The van der Waals surface area contributed by atoms with Gasteiger partial charge in [-0.15, -0.1) is 11.8 Å². The topological polar surface area (TPSA) is 41.5 Å². The van der Waals surface area contributed by atoms with E-state index < -0.39 is 0 Å². The smallest absolute Gasteiger partial charge is 0.220 e. The molecule has 14 heavy (non-hydrogen) atoms. The van der Waals surface area contributed by atoms with Crippen LogP contribution in [0.1, 0.15) is 25.7 Å². The molecule has 0 aromatic heterocycles. The maximum absolute atomic E-state index is 11.3. The third-order valence-corrected chi connectivity index (χ3v) is 4.70. The molecule has 1 saturated heterocycles. The van der Waals surface area contributed by atoms with Crippen molar-refractivity contribution in [1.82, 2.24) is 5.32 Å². The molecule has 3 aliphatic rings. The first kappa shape index (κ1) is 8.77. The molecule has 0 bridgehead atoms. The van der Waals surface area contributed by atoms with Gasteiger partial charge in [0.1, 0.15) is 0 Å². The summed E-state index contributed by atoms with van der Waals surface area (Å²) >= 11 is 1.84. The highest BCUT2D eigenvalue weighted by Crippen LogP contribution is 2.39. The maximum atomic E-state index is 11.3. The summed E-state index contributed by atoms with van der Waals surface area (Å²) in [6.45, 7) is 0. The van der Waals surface area contributed by atoms with Gasteiger partial charge in [-0.1, -0.05) is 0 Å². The molecule has 0 aromatic carbocycles. The minimum atomic E-state index is 0.244. The molecule has 0 spiro atoms. The Morgan fingerprint density at radius 1 is 1.50 bits per heavy atom. The Bertz CT molecular complexity index is 292. The molecule has 3 nitrogen and oxygen atoms in total. The average molecular weight is 210 g/mol. The molecule has 1 aliphatic carbocycles. The van der Waals surface area contributed by atoms with Crippen molar-refractivity contribution in [2.24, 2.45) is 10.9 Å². The number of carbonyl (C=O) groups excluding carboxylic acids is 1. The Morgan fingerprint density at radius 2 is 2.43 bits per heavy atom. The highest BCUT2D eigenvalue weighted by molar-refractivity contribution is 8.12. The van der Waals surface area contributed by atoms with Crippen LogP contribution in [0.4, 0.5) is 0 Å². The molecule has 4 atom stereocenters. The number of hydrogen-bond acceptors (Lipinski definition) is 3. The monoisotopic (exact) mass is 210 g/mol. The first-order valence-electron chi connectivity index (χ1n) is 5.29. The summed E-state index contributed by atoms with van der Waals surface area (Å²) in [4.78, 5) is 15.8. The van der Waals surface area contributed by atoms with E-state index in [-0.39, 0.29) is 5.91 Å². The van der Waals surface area contributed by atoms with Crippen LogP contribution >= 0.6 is 11.8 Å². The molecule has 1 N–H and O–H groups in total. The lowest BCUT2D eigenvalue weighted by atomic mass is 9.77. The van der Waals surface area contributed by atoms with Gasteiger partial charge in [-0.2, -0.15) is 0 Å². The van der Waals surface area contributed by atoms with Gasteiger partial charge in [0, 0.05) is 17.7 Å². The second kappa shape index (κ2) is 3.26. The van der Waals surface area contributed by atoms with Gasteiger partial charge in [0.15, 0.2) is 0 Å². The van der Waals surface area contributed by atoms with Crippen molar-refractivity contribution in [3.8, 4) is 0 Å². The fraction of sp³-hybridized carbons (Fsp3) is 0.800. The minimum absolute atomic E-state index is 0.244. The van der Waals surface area contributed by atoms with Crippen LogP contribution < -0.4 is 5.32 Å². The van der Waals surface area contributed by atoms with E-state index in [1.165, 1.54) is 6.42 Å². The van der Waals surface area contributed by atoms with Gasteiger partial charge >= 0.3 is 0 Å². The third-order valence-electron chi connectivity index (χ3n) is 3.61. The van der Waals surface area contributed by atoms with E-state index in [2.05, 4.69) is 10.3 Å². The summed E-state index contributed by atoms with van der Waals surface area (Å²) in [6, 6.07) is 0.975. The molecule has 1 amide bonds. The predicted molar refractivity (Wildman–Crippen MR) is 57.5 cm³/mol. The van der Waals surface area contributed by atoms with Crippen LogP contribution in [-0.2, 0) is 4.79 Å². The zero-order chi connectivity index (χ0) is 9.54. The van der Waals surface area contributed by atoms with Crippen molar-refractivity contribution in [2.45, 2.75) is 43.0 Å². The third kappa shape index (κ3) is 1.36. The summed E-state index contributed by atoms with van der Waals surface area (Å²) in [5, 5.41) is 3.76. The lowest BCUT2D eigenvalue weighted by molar-refractivity contribution is -0.124. The first-order chi connectivity index (χ1) is 6.83. The number of fused-ring (bicyclic) bond motifs is 2. The van der Waals surface area contributed by atoms with Crippen molar-refractivity contribution in [3.05, 3.63) is 0 Å². The molecule has 4 unspecified atom stereocenters. The average Bonchev–Trinajstić information content (AvgIpc) is 2.61. The standard InChI is InChI=1S/C10H14N2OS/c13-10-2-1-6-3-8-9(14-5-11-8)4-7(6)12-10/h5-9H,1-4H2,(H,12,13). The lowest BCUT2D eigenvalue weighted by Crippen LogP contribution is -2.51. The number of thioether (sulfide) groups is 1. The van der Waals surface area contributed by atoms with E-state index in [0.717, 1.165) is 19.3 Å². The number of nitrogens with zero attached hydrogens (tertiary/aromatic N) is 1. The maximum Gasteiger partial charge on any atom is 0.220 e. The number of nitrogens with one attached hydrogen (secondary N) is 1. The van der Waals surface area contributed by atoms with Crippen LogP contribution in [0, 0.1) is 5.92 Å². The molecule has 2 heterocycles. The number of aliphatic imine (C=N–C) groups is 1. The number of rotatable bonds is 0. The number of carbonyl (C=O) groups is 1. The number of hydrogen-bond donors (Lipinski definition) is 1. The van der Waals surface area contributed by atoms with Crippen LogP contribution in [0.5, 0.6) is 0 Å². The van der Waals surface area contributed by atoms with Crippen LogP contribution in [0.25, 0.3) is 0 Å². The highest BCUT2D eigenvalue weighted by atomic mass is 32.2. The summed E-state index contributed by atoms with van der Waals surface area (Å²) < 4.78 is 0. The molecule has 3 rings (SSSR count). The van der Waals surface area contributed by atoms with Crippen molar-refractivity contribution < 1.29 is 4.79 Å². The Kier molecular flexibility index (Phi) is 2.04. The van der Waals surface area contributed by atoms with Crippen LogP contribution in [0.15, 0.2) is 4.99 Å². The Hall–Kier alpha value is -0.510. The predicted octanol–water partition coefficient (Wildman–Crippen LogP) is 1.19. The Morgan fingerprint density at radius 3 is 3.36 bits per heavy atom. The van der Waals surface area contributed by atoms with Crippen LogP contribution in [0.2, 0.25) is 0 Å². The molecule has 2 fully saturated rings. The summed E-state index contributed by atoms with van der Waals surface area (Å²) in [5.74, 6) is 0.929. The fourth-order valence-corrected chi connectivity index (χ4v) is 3.88. The Labute approximate surface area is 87.7 Å². The van der Waals surface area contributed by atoms with Crippen molar-refractivity contribution >= 4 is 23.2 Å². The largest absolute Gasteiger partial charge is 0.353 e. The SMILES string of the molecule is O=C1CCC2CC3N=CSC3CC2N1. The molecule has 0 radical (unpaired) electrons. The second-order valence-corrected chi connectivity index (χ2v) is 5.53. The van der Waals surface area contributed by atoms with Crippen molar-refractivity contribution in [1.29, 1.82) is 0 Å². The van der Waals surface area contributed by atoms with E-state index in [4.69, 9.17) is 0 Å². The zero-order valence-corrected chi connectivity index (χ0v) is 8.80. The van der Waals surface area contributed by atoms with E-state index in [1.807, 2.05) is 17.3 Å². The minimum Gasteiger partial charge on any atom is -0.353 e. The molecule has 76 valence electrons. The molecular formula is C10H14N2OS. The Balaban J connectivity index is 1.74. The number of amides is 1. The van der Waals surface area contributed by atoms with E-state index >= 15 is 0 Å². The molecule has 1 saturated carbocycles. The molecule has 4 heteroatoms. The quantitative estimate of drug-likeness (QED) is 0.652. The van der Waals surface area contributed by atoms with Crippen molar-refractivity contribution in [3.63, 3.8) is 0 Å². The van der Waals surface area contributed by atoms with Gasteiger partial charge in [-0.3, -0.25) is 9.79 Å². The zero-order valence-electron chi connectivity index (χ0n) is 7.98. The second-order valence-electron chi connectivity index (χ2n) is 4.44. The lowest BCUT2D eigenvalue weighted by Gasteiger charge is -2.40. The van der Waals surface area contributed by atoms with Gasteiger partial charge < -0.3 is 5.32 Å². The molecular weight excluding hydrogens is 196 g/mol.